The van der Waals surface area contributed by atoms with Crippen molar-refractivity contribution in [1.29, 1.82) is 0 Å². The molecule has 0 saturated carbocycles. The number of alkyl halides is 2. The van der Waals surface area contributed by atoms with Gasteiger partial charge in [0.05, 0.1) is 5.71 Å². The molecule has 0 spiro atoms. The molecule has 1 aromatic rings. The molecular weight excluding hydrogens is 240 g/mol. The lowest BCUT2D eigenvalue weighted by Crippen LogP contribution is -2.02. The monoisotopic (exact) mass is 257 g/mol. The van der Waals surface area contributed by atoms with Crippen LogP contribution in [0.2, 0.25) is 0 Å². The third kappa shape index (κ3) is 4.41. The van der Waals surface area contributed by atoms with Gasteiger partial charge >= 0.3 is 0 Å². The standard InChI is InChI=1S/C13H17F2NO2/c1-18-9-3-2-4-12(16-17)10-5-7-11(8-6-10)13(14)15/h5-8,13,17H,2-4,9H2,1H3. The largest absolute Gasteiger partial charge is 0.411 e. The maximum Gasteiger partial charge on any atom is 0.263 e. The highest BCUT2D eigenvalue weighted by molar-refractivity contribution is 6.00. The van der Waals surface area contributed by atoms with Crippen molar-refractivity contribution >= 4 is 5.71 Å². The van der Waals surface area contributed by atoms with E-state index < -0.39 is 6.43 Å². The number of nitrogens with zero attached hydrogens (tertiary/aromatic N) is 1. The molecule has 0 amide bonds. The number of benzene rings is 1. The minimum Gasteiger partial charge on any atom is -0.411 e. The summed E-state index contributed by atoms with van der Waals surface area (Å²) in [6, 6.07) is 5.79. The van der Waals surface area contributed by atoms with E-state index in [4.69, 9.17) is 9.94 Å². The van der Waals surface area contributed by atoms with Gasteiger partial charge in [-0.15, -0.1) is 0 Å². The fourth-order valence-electron chi connectivity index (χ4n) is 1.61. The summed E-state index contributed by atoms with van der Waals surface area (Å²) >= 11 is 0. The van der Waals surface area contributed by atoms with E-state index in [2.05, 4.69) is 5.16 Å². The number of rotatable bonds is 7. The maximum atomic E-state index is 12.4. The molecule has 0 aliphatic rings. The maximum absolute atomic E-state index is 12.4. The quantitative estimate of drug-likeness (QED) is 0.351. The fraction of sp³-hybridized carbons (Fsp3) is 0.462. The van der Waals surface area contributed by atoms with Gasteiger partial charge in [-0.25, -0.2) is 8.78 Å². The second-order valence-corrected chi connectivity index (χ2v) is 3.92. The summed E-state index contributed by atoms with van der Waals surface area (Å²) in [5, 5.41) is 12.1. The van der Waals surface area contributed by atoms with Crippen molar-refractivity contribution in [3.05, 3.63) is 35.4 Å². The van der Waals surface area contributed by atoms with Gasteiger partial charge in [0.25, 0.3) is 6.43 Å². The predicted octanol–water partition coefficient (Wildman–Crippen LogP) is 3.62. The number of hydrogen-bond donors (Lipinski definition) is 1. The summed E-state index contributed by atoms with van der Waals surface area (Å²) in [5.74, 6) is 0. The molecule has 18 heavy (non-hydrogen) atoms. The van der Waals surface area contributed by atoms with Gasteiger partial charge in [-0.2, -0.15) is 0 Å². The lowest BCUT2D eigenvalue weighted by atomic mass is 10.0. The first kappa shape index (κ1) is 14.6. The Labute approximate surface area is 105 Å². The Bertz CT molecular complexity index is 377. The molecule has 3 nitrogen and oxygen atoms in total. The predicted molar refractivity (Wildman–Crippen MR) is 65.4 cm³/mol. The van der Waals surface area contributed by atoms with Gasteiger partial charge in [0.15, 0.2) is 0 Å². The SMILES string of the molecule is COCCCCC(=NO)c1ccc(C(F)F)cc1. The van der Waals surface area contributed by atoms with Gasteiger partial charge in [-0.05, 0) is 24.8 Å². The van der Waals surface area contributed by atoms with Gasteiger partial charge in [-0.3, -0.25) is 0 Å². The Hall–Kier alpha value is -1.49. The Morgan fingerprint density at radius 1 is 1.28 bits per heavy atom. The van der Waals surface area contributed by atoms with Crippen molar-refractivity contribution in [2.45, 2.75) is 25.7 Å². The molecule has 0 saturated heterocycles. The molecule has 1 aromatic carbocycles. The van der Waals surface area contributed by atoms with Crippen LogP contribution >= 0.6 is 0 Å². The molecule has 0 unspecified atom stereocenters. The molecule has 0 aromatic heterocycles. The molecule has 0 fully saturated rings. The van der Waals surface area contributed by atoms with Crippen LogP contribution in [0.15, 0.2) is 29.4 Å². The minimum absolute atomic E-state index is 0.0320. The van der Waals surface area contributed by atoms with Gasteiger partial charge in [0.1, 0.15) is 0 Å². The molecule has 0 aliphatic carbocycles. The highest BCUT2D eigenvalue weighted by Crippen LogP contribution is 2.19. The lowest BCUT2D eigenvalue weighted by Gasteiger charge is -2.06. The molecule has 1 N–H and O–H groups in total. The summed E-state index contributed by atoms with van der Waals surface area (Å²) in [5.41, 5.74) is 1.14. The number of hydrogen-bond acceptors (Lipinski definition) is 3. The molecule has 100 valence electrons. The number of unbranched alkanes of at least 4 members (excludes halogenated alkanes) is 1. The normalized spacial score (nSPS) is 12.1. The fourth-order valence-corrected chi connectivity index (χ4v) is 1.61. The minimum atomic E-state index is -2.48. The first-order chi connectivity index (χ1) is 8.69. The number of halogens is 2. The number of ether oxygens (including phenoxy) is 1. The van der Waals surface area contributed by atoms with Crippen LogP contribution in [0.25, 0.3) is 0 Å². The zero-order valence-corrected chi connectivity index (χ0v) is 10.3. The summed E-state index contributed by atoms with van der Waals surface area (Å²) < 4.78 is 29.7. The van der Waals surface area contributed by atoms with Crippen molar-refractivity contribution in [2.24, 2.45) is 5.16 Å². The second kappa shape index (κ2) is 7.76. The highest BCUT2D eigenvalue weighted by Gasteiger charge is 2.08. The molecule has 0 atom stereocenters. The van der Waals surface area contributed by atoms with Crippen LogP contribution in [-0.4, -0.2) is 24.6 Å². The van der Waals surface area contributed by atoms with Gasteiger partial charge in [0, 0.05) is 19.3 Å². The lowest BCUT2D eigenvalue weighted by molar-refractivity contribution is 0.151. The number of methoxy groups -OCH3 is 1. The molecule has 0 aliphatic heterocycles. The van der Waals surface area contributed by atoms with Crippen LogP contribution in [0, 0.1) is 0 Å². The summed E-state index contributed by atoms with van der Waals surface area (Å²) in [6.07, 6.45) is -0.196. The van der Waals surface area contributed by atoms with Crippen molar-refractivity contribution in [1.82, 2.24) is 0 Å². The van der Waals surface area contributed by atoms with Crippen LogP contribution in [0.4, 0.5) is 8.78 Å². The van der Waals surface area contributed by atoms with E-state index in [-0.39, 0.29) is 5.56 Å². The van der Waals surface area contributed by atoms with E-state index in [0.717, 1.165) is 12.8 Å². The number of oxime groups is 1. The highest BCUT2D eigenvalue weighted by atomic mass is 19.3. The molecule has 0 heterocycles. The smallest absolute Gasteiger partial charge is 0.263 e. The van der Waals surface area contributed by atoms with E-state index in [1.54, 1.807) is 19.2 Å². The zero-order valence-electron chi connectivity index (χ0n) is 10.3. The zero-order chi connectivity index (χ0) is 13.4. The second-order valence-electron chi connectivity index (χ2n) is 3.92. The Morgan fingerprint density at radius 2 is 1.94 bits per heavy atom. The van der Waals surface area contributed by atoms with Crippen LogP contribution < -0.4 is 0 Å². The topological polar surface area (TPSA) is 41.8 Å². The van der Waals surface area contributed by atoms with Crippen molar-refractivity contribution in [3.63, 3.8) is 0 Å². The summed E-state index contributed by atoms with van der Waals surface area (Å²) in [6.45, 7) is 0.656. The average molecular weight is 257 g/mol. The van der Waals surface area contributed by atoms with E-state index in [0.29, 0.717) is 24.3 Å². The Kier molecular flexibility index (Phi) is 6.28. The van der Waals surface area contributed by atoms with Gasteiger partial charge < -0.3 is 9.94 Å². The molecule has 0 bridgehead atoms. The first-order valence-corrected chi connectivity index (χ1v) is 5.77. The van der Waals surface area contributed by atoms with E-state index >= 15 is 0 Å². The summed E-state index contributed by atoms with van der Waals surface area (Å²) in [7, 11) is 1.63. The molecular formula is C13H17F2NO2. The van der Waals surface area contributed by atoms with E-state index in [1.807, 2.05) is 0 Å². The van der Waals surface area contributed by atoms with Gasteiger partial charge in [-0.1, -0.05) is 29.4 Å². The first-order valence-electron chi connectivity index (χ1n) is 5.77. The van der Waals surface area contributed by atoms with Crippen molar-refractivity contribution in [3.8, 4) is 0 Å². The van der Waals surface area contributed by atoms with Crippen LogP contribution in [-0.2, 0) is 4.74 Å². The molecule has 1 rings (SSSR count). The average Bonchev–Trinajstić information content (AvgIpc) is 2.39. The van der Waals surface area contributed by atoms with Gasteiger partial charge in [0.2, 0.25) is 0 Å². The van der Waals surface area contributed by atoms with Crippen LogP contribution in [0.3, 0.4) is 0 Å². The Balaban J connectivity index is 2.60. The molecule has 5 heteroatoms. The molecule has 0 radical (unpaired) electrons. The third-order valence-electron chi connectivity index (χ3n) is 2.63. The van der Waals surface area contributed by atoms with Crippen molar-refractivity contribution < 1.29 is 18.7 Å². The Morgan fingerprint density at radius 3 is 2.44 bits per heavy atom. The third-order valence-corrected chi connectivity index (χ3v) is 2.63. The summed E-state index contributed by atoms with van der Waals surface area (Å²) in [4.78, 5) is 0. The van der Waals surface area contributed by atoms with Crippen molar-refractivity contribution in [2.75, 3.05) is 13.7 Å². The van der Waals surface area contributed by atoms with E-state index in [9.17, 15) is 8.78 Å². The van der Waals surface area contributed by atoms with Crippen LogP contribution in [0.5, 0.6) is 0 Å². The van der Waals surface area contributed by atoms with Crippen LogP contribution in [0.1, 0.15) is 36.8 Å². The van der Waals surface area contributed by atoms with E-state index in [1.165, 1.54) is 12.1 Å².